The lowest BCUT2D eigenvalue weighted by Crippen LogP contribution is -2.44. The van der Waals surface area contributed by atoms with Gasteiger partial charge in [0.15, 0.2) is 0 Å². The first kappa shape index (κ1) is 14.7. The molecule has 102 valence electrons. The first-order valence-electron chi connectivity index (χ1n) is 5.64. The molecular weight excluding hydrogens is 258 g/mol. The predicted octanol–water partition coefficient (Wildman–Crippen LogP) is 1.46. The average molecular weight is 275 g/mol. The number of furan rings is 1. The minimum Gasteiger partial charge on any atom is -0.480 e. The van der Waals surface area contributed by atoms with Crippen LogP contribution in [0.2, 0.25) is 0 Å². The molecule has 6 nitrogen and oxygen atoms in total. The molecule has 1 rings (SSSR count). The van der Waals surface area contributed by atoms with Gasteiger partial charge in [0.2, 0.25) is 5.09 Å². The van der Waals surface area contributed by atoms with E-state index in [4.69, 9.17) is 9.52 Å². The maximum atomic E-state index is 12.3. The topological polar surface area (TPSA) is 87.8 Å². The van der Waals surface area contributed by atoms with Gasteiger partial charge in [-0.15, -0.1) is 0 Å². The van der Waals surface area contributed by atoms with Crippen LogP contribution in [0.5, 0.6) is 0 Å². The quantitative estimate of drug-likeness (QED) is 0.849. The molecule has 0 spiro atoms. The Morgan fingerprint density at radius 3 is 2.44 bits per heavy atom. The molecule has 0 amide bonds. The summed E-state index contributed by atoms with van der Waals surface area (Å²) >= 11 is 0. The maximum absolute atomic E-state index is 12.3. The third kappa shape index (κ3) is 2.73. The molecule has 0 bridgehead atoms. The molecule has 18 heavy (non-hydrogen) atoms. The molecule has 1 atom stereocenters. The van der Waals surface area contributed by atoms with Gasteiger partial charge in [-0.3, -0.25) is 4.79 Å². The second kappa shape index (κ2) is 5.53. The molecule has 0 saturated carbocycles. The minimum absolute atomic E-state index is 0.0763. The zero-order valence-electron chi connectivity index (χ0n) is 10.6. The van der Waals surface area contributed by atoms with Crippen LogP contribution in [0.1, 0.15) is 25.8 Å². The third-order valence-corrected chi connectivity index (χ3v) is 4.45. The SMILES string of the molecule is CCC(C(=O)O)N(CC)S(=O)(=O)c1cc(C)co1. The number of aliphatic carboxylic acids is 1. The van der Waals surface area contributed by atoms with Crippen LogP contribution in [0.3, 0.4) is 0 Å². The smallest absolute Gasteiger partial charge is 0.322 e. The van der Waals surface area contributed by atoms with Crippen LogP contribution in [0.15, 0.2) is 21.8 Å². The molecule has 0 aliphatic heterocycles. The van der Waals surface area contributed by atoms with Crippen molar-refractivity contribution in [3.63, 3.8) is 0 Å². The van der Waals surface area contributed by atoms with Gasteiger partial charge in [-0.05, 0) is 18.9 Å². The van der Waals surface area contributed by atoms with E-state index in [0.29, 0.717) is 5.56 Å². The highest BCUT2D eigenvalue weighted by atomic mass is 32.2. The fourth-order valence-electron chi connectivity index (χ4n) is 1.72. The zero-order chi connectivity index (χ0) is 13.9. The van der Waals surface area contributed by atoms with Gasteiger partial charge in [-0.1, -0.05) is 13.8 Å². The molecule has 0 saturated heterocycles. The summed E-state index contributed by atoms with van der Waals surface area (Å²) in [6.07, 6.45) is 1.52. The van der Waals surface area contributed by atoms with Crippen molar-refractivity contribution < 1.29 is 22.7 Å². The van der Waals surface area contributed by atoms with Gasteiger partial charge in [-0.2, -0.15) is 4.31 Å². The molecule has 0 aliphatic rings. The molecule has 0 aliphatic carbocycles. The number of hydrogen-bond donors (Lipinski definition) is 1. The lowest BCUT2D eigenvalue weighted by atomic mass is 10.2. The van der Waals surface area contributed by atoms with Crippen molar-refractivity contribution in [2.24, 2.45) is 0 Å². The predicted molar refractivity (Wildman–Crippen MR) is 64.7 cm³/mol. The van der Waals surface area contributed by atoms with E-state index >= 15 is 0 Å². The van der Waals surface area contributed by atoms with E-state index in [0.717, 1.165) is 4.31 Å². The Kier molecular flexibility index (Phi) is 4.53. The molecule has 0 radical (unpaired) electrons. The number of nitrogens with zero attached hydrogens (tertiary/aromatic N) is 1. The van der Waals surface area contributed by atoms with Crippen LogP contribution < -0.4 is 0 Å². The van der Waals surface area contributed by atoms with Gasteiger partial charge < -0.3 is 9.52 Å². The number of carboxylic acid groups (broad SMARTS) is 1. The first-order valence-corrected chi connectivity index (χ1v) is 7.08. The monoisotopic (exact) mass is 275 g/mol. The highest BCUT2D eigenvalue weighted by Crippen LogP contribution is 2.21. The standard InChI is InChI=1S/C11H17NO5S/c1-4-9(11(13)14)12(5-2)18(15,16)10-6-8(3)7-17-10/h6-7,9H,4-5H2,1-3H3,(H,13,14). The summed E-state index contributed by atoms with van der Waals surface area (Å²) in [4.78, 5) is 11.1. The van der Waals surface area contributed by atoms with Crippen molar-refractivity contribution in [1.29, 1.82) is 0 Å². The summed E-state index contributed by atoms with van der Waals surface area (Å²) in [6.45, 7) is 5.00. The number of aryl methyl sites for hydroxylation is 1. The Bertz CT molecular complexity index is 519. The average Bonchev–Trinajstić information content (AvgIpc) is 2.72. The largest absolute Gasteiger partial charge is 0.480 e. The van der Waals surface area contributed by atoms with Gasteiger partial charge in [0.05, 0.1) is 6.26 Å². The van der Waals surface area contributed by atoms with Crippen molar-refractivity contribution in [3.05, 3.63) is 17.9 Å². The molecule has 0 fully saturated rings. The van der Waals surface area contributed by atoms with Crippen molar-refractivity contribution in [2.75, 3.05) is 6.54 Å². The summed E-state index contributed by atoms with van der Waals surface area (Å²) in [5, 5.41) is 8.83. The molecule has 1 N–H and O–H groups in total. The van der Waals surface area contributed by atoms with Gasteiger partial charge in [0, 0.05) is 12.6 Å². The van der Waals surface area contributed by atoms with Crippen LogP contribution in [-0.4, -0.2) is 36.4 Å². The summed E-state index contributed by atoms with van der Waals surface area (Å²) in [5.74, 6) is -1.16. The third-order valence-electron chi connectivity index (χ3n) is 2.60. The van der Waals surface area contributed by atoms with Gasteiger partial charge >= 0.3 is 5.97 Å². The van der Waals surface area contributed by atoms with E-state index < -0.39 is 22.0 Å². The van der Waals surface area contributed by atoms with Crippen molar-refractivity contribution in [1.82, 2.24) is 4.31 Å². The lowest BCUT2D eigenvalue weighted by molar-refractivity contribution is -0.141. The molecular formula is C11H17NO5S. The zero-order valence-corrected chi connectivity index (χ0v) is 11.4. The first-order chi connectivity index (χ1) is 8.34. The Morgan fingerprint density at radius 2 is 2.11 bits per heavy atom. The summed E-state index contributed by atoms with van der Waals surface area (Å²) in [7, 11) is -3.90. The molecule has 1 unspecified atom stereocenters. The maximum Gasteiger partial charge on any atom is 0.322 e. The number of carbonyl (C=O) groups is 1. The van der Waals surface area contributed by atoms with Gasteiger partial charge in [0.25, 0.3) is 10.0 Å². The normalized spacial score (nSPS) is 13.8. The summed E-state index contributed by atoms with van der Waals surface area (Å²) < 4.78 is 30.4. The van der Waals surface area contributed by atoms with Crippen LogP contribution in [0.4, 0.5) is 0 Å². The molecule has 7 heteroatoms. The van der Waals surface area contributed by atoms with Gasteiger partial charge in [0.1, 0.15) is 6.04 Å². The van der Waals surface area contributed by atoms with Crippen LogP contribution >= 0.6 is 0 Å². The van der Waals surface area contributed by atoms with E-state index in [2.05, 4.69) is 0 Å². The van der Waals surface area contributed by atoms with Crippen LogP contribution in [-0.2, 0) is 14.8 Å². The van der Waals surface area contributed by atoms with E-state index in [1.807, 2.05) is 0 Å². The van der Waals surface area contributed by atoms with E-state index in [1.54, 1.807) is 20.8 Å². The molecule has 0 aromatic carbocycles. The minimum atomic E-state index is -3.90. The number of rotatable bonds is 6. The van der Waals surface area contributed by atoms with E-state index in [1.165, 1.54) is 12.3 Å². The fraction of sp³-hybridized carbons (Fsp3) is 0.545. The second-order valence-corrected chi connectivity index (χ2v) is 5.74. The molecule has 1 aromatic heterocycles. The van der Waals surface area contributed by atoms with Crippen LogP contribution in [0, 0.1) is 6.92 Å². The lowest BCUT2D eigenvalue weighted by Gasteiger charge is -2.24. The Balaban J connectivity index is 3.19. The van der Waals surface area contributed by atoms with E-state index in [-0.39, 0.29) is 18.1 Å². The fourth-order valence-corrected chi connectivity index (χ4v) is 3.36. The van der Waals surface area contributed by atoms with Crippen LogP contribution in [0.25, 0.3) is 0 Å². The number of likely N-dealkylation sites (N-methyl/N-ethyl adjacent to an activating group) is 1. The molecule has 1 heterocycles. The number of hydrogen-bond acceptors (Lipinski definition) is 4. The second-order valence-electron chi connectivity index (χ2n) is 3.91. The number of carboxylic acids is 1. The van der Waals surface area contributed by atoms with Crippen molar-refractivity contribution in [2.45, 2.75) is 38.3 Å². The van der Waals surface area contributed by atoms with Gasteiger partial charge in [-0.25, -0.2) is 8.42 Å². The Labute approximate surface area is 106 Å². The van der Waals surface area contributed by atoms with Crippen molar-refractivity contribution >= 4 is 16.0 Å². The summed E-state index contributed by atoms with van der Waals surface area (Å²) in [6, 6.07) is 0.303. The molecule has 1 aromatic rings. The van der Waals surface area contributed by atoms with Crippen molar-refractivity contribution in [3.8, 4) is 0 Å². The highest BCUT2D eigenvalue weighted by molar-refractivity contribution is 7.89. The van der Waals surface area contributed by atoms with E-state index in [9.17, 15) is 13.2 Å². The summed E-state index contributed by atoms with van der Waals surface area (Å²) in [5.41, 5.74) is 0.674. The number of sulfonamides is 1. The Hall–Kier alpha value is -1.34. The highest BCUT2D eigenvalue weighted by Gasteiger charge is 2.35. The Morgan fingerprint density at radius 1 is 1.50 bits per heavy atom.